The number of nitrogens with zero attached hydrogens (tertiary/aromatic N) is 1. The summed E-state index contributed by atoms with van der Waals surface area (Å²) in [5.74, 6) is 0.621. The molecule has 0 spiro atoms. The maximum absolute atomic E-state index is 5.72. The van der Waals surface area contributed by atoms with Gasteiger partial charge in [-0.3, -0.25) is 0 Å². The summed E-state index contributed by atoms with van der Waals surface area (Å²) in [6.45, 7) is 2.07. The van der Waals surface area contributed by atoms with Crippen molar-refractivity contribution >= 4 is 17.2 Å². The van der Waals surface area contributed by atoms with Gasteiger partial charge < -0.3 is 5.73 Å². The molecule has 13 heavy (non-hydrogen) atoms. The van der Waals surface area contributed by atoms with Gasteiger partial charge in [0.25, 0.3) is 0 Å². The average Bonchev–Trinajstić information content (AvgIpc) is 2.51. The highest BCUT2D eigenvalue weighted by molar-refractivity contribution is 7.13. The first-order valence-corrected chi connectivity index (χ1v) is 4.91. The van der Waals surface area contributed by atoms with E-state index in [1.54, 1.807) is 16.8 Å². The van der Waals surface area contributed by atoms with Crippen LogP contribution in [0.2, 0.25) is 0 Å². The number of aromatic nitrogens is 1. The SMILES string of the molecule is Cc1cccc(-c2scnc2N)c1. The van der Waals surface area contributed by atoms with E-state index < -0.39 is 0 Å². The molecule has 0 aliphatic carbocycles. The minimum atomic E-state index is 0.621. The third-order valence-electron chi connectivity index (χ3n) is 1.88. The zero-order chi connectivity index (χ0) is 9.26. The van der Waals surface area contributed by atoms with E-state index in [4.69, 9.17) is 5.73 Å². The van der Waals surface area contributed by atoms with E-state index in [1.165, 1.54) is 5.56 Å². The Labute approximate surface area is 81.1 Å². The molecular weight excluding hydrogens is 180 g/mol. The lowest BCUT2D eigenvalue weighted by molar-refractivity contribution is 1.42. The molecule has 66 valence electrons. The Morgan fingerprint density at radius 1 is 1.38 bits per heavy atom. The number of hydrogen-bond donors (Lipinski definition) is 1. The molecule has 0 bridgehead atoms. The first-order chi connectivity index (χ1) is 6.27. The van der Waals surface area contributed by atoms with Gasteiger partial charge in [0.15, 0.2) is 0 Å². The fourth-order valence-electron chi connectivity index (χ4n) is 1.26. The van der Waals surface area contributed by atoms with Crippen LogP contribution in [0.25, 0.3) is 10.4 Å². The van der Waals surface area contributed by atoms with Crippen LogP contribution in [0.15, 0.2) is 29.8 Å². The summed E-state index contributed by atoms with van der Waals surface area (Å²) in [7, 11) is 0. The van der Waals surface area contributed by atoms with Gasteiger partial charge in [-0.1, -0.05) is 29.8 Å². The highest BCUT2D eigenvalue weighted by Crippen LogP contribution is 2.29. The molecular formula is C10H10N2S. The lowest BCUT2D eigenvalue weighted by atomic mass is 10.1. The fraction of sp³-hybridized carbons (Fsp3) is 0.100. The van der Waals surface area contributed by atoms with Crippen molar-refractivity contribution in [2.45, 2.75) is 6.92 Å². The van der Waals surface area contributed by atoms with Crippen LogP contribution in [-0.4, -0.2) is 4.98 Å². The van der Waals surface area contributed by atoms with Gasteiger partial charge in [0, 0.05) is 0 Å². The first-order valence-electron chi connectivity index (χ1n) is 4.03. The Kier molecular flexibility index (Phi) is 2.02. The van der Waals surface area contributed by atoms with Crippen LogP contribution in [0, 0.1) is 6.92 Å². The maximum Gasteiger partial charge on any atom is 0.142 e. The van der Waals surface area contributed by atoms with Crippen LogP contribution >= 0.6 is 11.3 Å². The quantitative estimate of drug-likeness (QED) is 0.751. The van der Waals surface area contributed by atoms with Crippen molar-refractivity contribution in [2.24, 2.45) is 0 Å². The zero-order valence-electron chi connectivity index (χ0n) is 7.32. The second kappa shape index (κ2) is 3.18. The van der Waals surface area contributed by atoms with E-state index in [1.807, 2.05) is 6.07 Å². The molecule has 0 amide bonds. The van der Waals surface area contributed by atoms with Crippen LogP contribution in [0.4, 0.5) is 5.82 Å². The zero-order valence-corrected chi connectivity index (χ0v) is 8.14. The smallest absolute Gasteiger partial charge is 0.142 e. The maximum atomic E-state index is 5.72. The molecule has 2 rings (SSSR count). The van der Waals surface area contributed by atoms with E-state index in [9.17, 15) is 0 Å². The average molecular weight is 190 g/mol. The molecule has 2 N–H and O–H groups in total. The molecule has 1 aromatic carbocycles. The molecule has 0 saturated heterocycles. The second-order valence-electron chi connectivity index (χ2n) is 2.94. The van der Waals surface area contributed by atoms with Crippen LogP contribution in [0.1, 0.15) is 5.56 Å². The molecule has 0 unspecified atom stereocenters. The minimum Gasteiger partial charge on any atom is -0.382 e. The van der Waals surface area contributed by atoms with Crippen molar-refractivity contribution in [1.29, 1.82) is 0 Å². The van der Waals surface area contributed by atoms with E-state index in [-0.39, 0.29) is 0 Å². The molecule has 0 saturated carbocycles. The third-order valence-corrected chi connectivity index (χ3v) is 2.77. The number of thiazole rings is 1. The van der Waals surface area contributed by atoms with E-state index >= 15 is 0 Å². The summed E-state index contributed by atoms with van der Waals surface area (Å²) in [5.41, 5.74) is 9.89. The standard InChI is InChI=1S/C10H10N2S/c1-7-3-2-4-8(5-7)9-10(11)12-6-13-9/h2-6H,11H2,1H3. The van der Waals surface area contributed by atoms with Gasteiger partial charge in [0.1, 0.15) is 5.82 Å². The Balaban J connectivity index is 2.53. The Hall–Kier alpha value is -1.35. The fourth-order valence-corrected chi connectivity index (χ4v) is 1.97. The molecule has 2 nitrogen and oxygen atoms in total. The predicted octanol–water partition coefficient (Wildman–Crippen LogP) is 2.70. The lowest BCUT2D eigenvalue weighted by Crippen LogP contribution is -1.86. The summed E-state index contributed by atoms with van der Waals surface area (Å²) in [6, 6.07) is 8.27. The summed E-state index contributed by atoms with van der Waals surface area (Å²) in [6.07, 6.45) is 0. The molecule has 0 radical (unpaired) electrons. The monoisotopic (exact) mass is 190 g/mol. The van der Waals surface area contributed by atoms with Gasteiger partial charge in [-0.05, 0) is 12.5 Å². The van der Waals surface area contributed by atoms with Crippen molar-refractivity contribution in [1.82, 2.24) is 4.98 Å². The van der Waals surface area contributed by atoms with Crippen molar-refractivity contribution < 1.29 is 0 Å². The Morgan fingerprint density at radius 3 is 2.85 bits per heavy atom. The Bertz CT molecular complexity index is 420. The van der Waals surface area contributed by atoms with E-state index in [0.29, 0.717) is 5.82 Å². The second-order valence-corrected chi connectivity index (χ2v) is 3.79. The van der Waals surface area contributed by atoms with Gasteiger partial charge in [-0.25, -0.2) is 4.98 Å². The normalized spacial score (nSPS) is 10.2. The van der Waals surface area contributed by atoms with Crippen LogP contribution in [-0.2, 0) is 0 Å². The predicted molar refractivity (Wildman–Crippen MR) is 56.7 cm³/mol. The summed E-state index contributed by atoms with van der Waals surface area (Å²) in [4.78, 5) is 5.08. The van der Waals surface area contributed by atoms with Crippen molar-refractivity contribution in [3.05, 3.63) is 35.3 Å². The van der Waals surface area contributed by atoms with Gasteiger partial charge in [0.2, 0.25) is 0 Å². The molecule has 2 aromatic rings. The molecule has 3 heteroatoms. The number of nitrogen functional groups attached to an aromatic ring is 1. The first kappa shape index (κ1) is 8.26. The highest BCUT2D eigenvalue weighted by atomic mass is 32.1. The summed E-state index contributed by atoms with van der Waals surface area (Å²) >= 11 is 1.58. The van der Waals surface area contributed by atoms with Crippen LogP contribution < -0.4 is 5.73 Å². The topological polar surface area (TPSA) is 38.9 Å². The minimum absolute atomic E-state index is 0.621. The van der Waals surface area contributed by atoms with E-state index in [0.717, 1.165) is 10.4 Å². The summed E-state index contributed by atoms with van der Waals surface area (Å²) < 4.78 is 0. The third kappa shape index (κ3) is 1.55. The number of aryl methyl sites for hydroxylation is 1. The van der Waals surface area contributed by atoms with Crippen LogP contribution in [0.5, 0.6) is 0 Å². The molecule has 0 aliphatic heterocycles. The number of anilines is 1. The number of hydrogen-bond acceptors (Lipinski definition) is 3. The summed E-state index contributed by atoms with van der Waals surface area (Å²) in [5, 5.41) is 0. The van der Waals surface area contributed by atoms with Gasteiger partial charge in [-0.2, -0.15) is 0 Å². The number of rotatable bonds is 1. The molecule has 0 fully saturated rings. The van der Waals surface area contributed by atoms with E-state index in [2.05, 4.69) is 30.1 Å². The Morgan fingerprint density at radius 2 is 2.23 bits per heavy atom. The van der Waals surface area contributed by atoms with Crippen molar-refractivity contribution in [3.8, 4) is 10.4 Å². The van der Waals surface area contributed by atoms with Gasteiger partial charge in [0.05, 0.1) is 10.4 Å². The van der Waals surface area contributed by atoms with Crippen molar-refractivity contribution in [3.63, 3.8) is 0 Å². The number of benzene rings is 1. The largest absolute Gasteiger partial charge is 0.382 e. The van der Waals surface area contributed by atoms with Crippen molar-refractivity contribution in [2.75, 3.05) is 5.73 Å². The van der Waals surface area contributed by atoms with Gasteiger partial charge >= 0.3 is 0 Å². The lowest BCUT2D eigenvalue weighted by Gasteiger charge is -1.99. The molecule has 1 aromatic heterocycles. The highest BCUT2D eigenvalue weighted by Gasteiger charge is 2.04. The number of nitrogens with two attached hydrogens (primary N) is 1. The molecule has 0 atom stereocenters. The molecule has 1 heterocycles. The van der Waals surface area contributed by atoms with Gasteiger partial charge in [-0.15, -0.1) is 11.3 Å². The molecule has 0 aliphatic rings. The van der Waals surface area contributed by atoms with Crippen LogP contribution in [0.3, 0.4) is 0 Å².